The van der Waals surface area contributed by atoms with Gasteiger partial charge in [-0.3, -0.25) is 0 Å². The number of hydrogen-bond donors (Lipinski definition) is 0. The third-order valence-corrected chi connectivity index (χ3v) is 8.06. The summed E-state index contributed by atoms with van der Waals surface area (Å²) in [6, 6.07) is 52.1. The highest BCUT2D eigenvalue weighted by Gasteiger charge is 2.16. The average molecular weight is 590 g/mol. The van der Waals surface area contributed by atoms with E-state index in [0.717, 1.165) is 50.2 Å². The number of aromatic nitrogens is 5. The zero-order valence-electron chi connectivity index (χ0n) is 24.8. The first-order chi connectivity index (χ1) is 22.8. The SMILES string of the molecule is c1ccc(-c2nc(-c3ccccc3)nc(-c3cc(-c4cccc(-c5ccncn5)c4)cc(-c4cccc5ccccc45)c3)n2)cc1. The predicted octanol–water partition coefficient (Wildman–Crippen LogP) is 9.82. The fourth-order valence-corrected chi connectivity index (χ4v) is 5.81. The minimum absolute atomic E-state index is 0.614. The van der Waals surface area contributed by atoms with Crippen molar-refractivity contribution in [3.63, 3.8) is 0 Å². The minimum atomic E-state index is 0.614. The summed E-state index contributed by atoms with van der Waals surface area (Å²) in [6.45, 7) is 0. The Bertz CT molecular complexity index is 2240. The monoisotopic (exact) mass is 589 g/mol. The van der Waals surface area contributed by atoms with Gasteiger partial charge < -0.3 is 0 Å². The molecule has 0 saturated carbocycles. The second-order valence-electron chi connectivity index (χ2n) is 11.0. The van der Waals surface area contributed by atoms with Crippen LogP contribution in [0.15, 0.2) is 164 Å². The largest absolute Gasteiger partial charge is 0.245 e. The van der Waals surface area contributed by atoms with Crippen LogP contribution in [0.5, 0.6) is 0 Å². The van der Waals surface area contributed by atoms with Crippen LogP contribution in [0, 0.1) is 0 Å². The van der Waals surface area contributed by atoms with E-state index in [1.165, 1.54) is 10.8 Å². The van der Waals surface area contributed by atoms with Gasteiger partial charge in [-0.15, -0.1) is 0 Å². The molecular formula is C41H27N5. The van der Waals surface area contributed by atoms with Crippen molar-refractivity contribution >= 4 is 10.8 Å². The van der Waals surface area contributed by atoms with Gasteiger partial charge in [0, 0.05) is 28.5 Å². The molecule has 0 aliphatic heterocycles. The topological polar surface area (TPSA) is 64.5 Å². The molecule has 0 unspecified atom stereocenters. The third kappa shape index (κ3) is 5.42. The van der Waals surface area contributed by atoms with Crippen LogP contribution in [0.3, 0.4) is 0 Å². The van der Waals surface area contributed by atoms with Crippen LogP contribution >= 0.6 is 0 Å². The Morgan fingerprint density at radius 3 is 1.63 bits per heavy atom. The molecule has 8 rings (SSSR count). The normalized spacial score (nSPS) is 11.0. The lowest BCUT2D eigenvalue weighted by molar-refractivity contribution is 1.07. The minimum Gasteiger partial charge on any atom is -0.245 e. The van der Waals surface area contributed by atoms with Gasteiger partial charge in [0.15, 0.2) is 17.5 Å². The van der Waals surface area contributed by atoms with Gasteiger partial charge in [0.25, 0.3) is 0 Å². The summed E-state index contributed by atoms with van der Waals surface area (Å²) in [7, 11) is 0. The molecule has 0 bridgehead atoms. The Balaban J connectivity index is 1.37. The maximum absolute atomic E-state index is 5.06. The Kier molecular flexibility index (Phi) is 7.09. The van der Waals surface area contributed by atoms with E-state index in [1.807, 2.05) is 66.7 Å². The van der Waals surface area contributed by atoms with Gasteiger partial charge in [-0.1, -0.05) is 121 Å². The molecule has 0 aliphatic rings. The van der Waals surface area contributed by atoms with Crippen molar-refractivity contribution in [1.82, 2.24) is 24.9 Å². The van der Waals surface area contributed by atoms with Gasteiger partial charge in [0.2, 0.25) is 0 Å². The van der Waals surface area contributed by atoms with Crippen LogP contribution in [-0.2, 0) is 0 Å². The smallest absolute Gasteiger partial charge is 0.164 e. The van der Waals surface area contributed by atoms with Crippen LogP contribution < -0.4 is 0 Å². The quantitative estimate of drug-likeness (QED) is 0.193. The number of hydrogen-bond acceptors (Lipinski definition) is 5. The summed E-state index contributed by atoms with van der Waals surface area (Å²) in [5.74, 6) is 1.88. The first-order valence-corrected chi connectivity index (χ1v) is 15.2. The third-order valence-electron chi connectivity index (χ3n) is 8.06. The molecule has 6 aromatic carbocycles. The van der Waals surface area contributed by atoms with Crippen LogP contribution in [0.2, 0.25) is 0 Å². The molecule has 2 aromatic heterocycles. The lowest BCUT2D eigenvalue weighted by Gasteiger charge is -2.14. The molecular weight excluding hydrogens is 562 g/mol. The molecule has 5 heteroatoms. The molecule has 216 valence electrons. The molecule has 0 atom stereocenters. The Morgan fingerprint density at radius 1 is 0.370 bits per heavy atom. The zero-order chi connectivity index (χ0) is 30.7. The number of benzene rings is 6. The molecule has 0 amide bonds. The Labute approximate surface area is 267 Å². The van der Waals surface area contributed by atoms with E-state index in [2.05, 4.69) is 94.9 Å². The highest BCUT2D eigenvalue weighted by molar-refractivity contribution is 5.98. The molecule has 2 heterocycles. The first kappa shape index (κ1) is 27.2. The van der Waals surface area contributed by atoms with Gasteiger partial charge in [0.05, 0.1) is 5.69 Å². The molecule has 0 N–H and O–H groups in total. The van der Waals surface area contributed by atoms with Crippen molar-refractivity contribution in [3.8, 4) is 67.7 Å². The van der Waals surface area contributed by atoms with Gasteiger partial charge in [-0.05, 0) is 63.4 Å². The molecule has 8 aromatic rings. The maximum atomic E-state index is 5.06. The molecule has 0 aliphatic carbocycles. The number of rotatable bonds is 6. The Hall–Kier alpha value is -6.33. The van der Waals surface area contributed by atoms with Crippen molar-refractivity contribution < 1.29 is 0 Å². The summed E-state index contributed by atoms with van der Waals surface area (Å²) in [4.78, 5) is 23.6. The van der Waals surface area contributed by atoms with Crippen LogP contribution in [0.4, 0.5) is 0 Å². The Morgan fingerprint density at radius 2 is 0.913 bits per heavy atom. The molecule has 0 fully saturated rings. The number of nitrogens with zero attached hydrogens (tertiary/aromatic N) is 5. The van der Waals surface area contributed by atoms with Gasteiger partial charge >= 0.3 is 0 Å². The molecule has 46 heavy (non-hydrogen) atoms. The van der Waals surface area contributed by atoms with Gasteiger partial charge in [-0.25, -0.2) is 24.9 Å². The van der Waals surface area contributed by atoms with Crippen LogP contribution in [0.1, 0.15) is 0 Å². The molecule has 5 nitrogen and oxygen atoms in total. The average Bonchev–Trinajstić information content (AvgIpc) is 3.15. The van der Waals surface area contributed by atoms with E-state index < -0.39 is 0 Å². The summed E-state index contributed by atoms with van der Waals surface area (Å²) in [6.07, 6.45) is 3.35. The van der Waals surface area contributed by atoms with E-state index in [-0.39, 0.29) is 0 Å². The second-order valence-corrected chi connectivity index (χ2v) is 11.0. The molecule has 0 saturated heterocycles. The van der Waals surface area contributed by atoms with Crippen LogP contribution in [-0.4, -0.2) is 24.9 Å². The summed E-state index contributed by atoms with van der Waals surface area (Å²) in [5, 5.41) is 2.38. The maximum Gasteiger partial charge on any atom is 0.164 e. The zero-order valence-corrected chi connectivity index (χ0v) is 24.8. The first-order valence-electron chi connectivity index (χ1n) is 15.2. The fourth-order valence-electron chi connectivity index (χ4n) is 5.81. The van der Waals surface area contributed by atoms with Gasteiger partial charge in [0.1, 0.15) is 6.33 Å². The van der Waals surface area contributed by atoms with Crippen molar-refractivity contribution in [2.45, 2.75) is 0 Å². The standard InChI is InChI=1S/C41H27N5/c1-3-12-29(13-4-1)39-44-40(30-14-5-2-6-15-30)46-41(45-39)35-25-33(31-17-9-18-32(23-31)38-21-22-42-27-43-38)24-34(26-35)37-20-10-16-28-11-7-8-19-36(28)37/h1-27H. The van der Waals surface area contributed by atoms with E-state index >= 15 is 0 Å². The highest BCUT2D eigenvalue weighted by Crippen LogP contribution is 2.37. The molecule has 0 radical (unpaired) electrons. The predicted molar refractivity (Wildman–Crippen MR) is 186 cm³/mol. The van der Waals surface area contributed by atoms with Crippen molar-refractivity contribution in [1.29, 1.82) is 0 Å². The van der Waals surface area contributed by atoms with E-state index in [9.17, 15) is 0 Å². The lowest BCUT2D eigenvalue weighted by atomic mass is 9.92. The van der Waals surface area contributed by atoms with E-state index in [1.54, 1.807) is 12.5 Å². The second kappa shape index (κ2) is 12.0. The fraction of sp³-hybridized carbons (Fsp3) is 0. The van der Waals surface area contributed by atoms with Crippen molar-refractivity contribution in [2.75, 3.05) is 0 Å². The lowest BCUT2D eigenvalue weighted by Crippen LogP contribution is -2.00. The van der Waals surface area contributed by atoms with E-state index in [4.69, 9.17) is 15.0 Å². The van der Waals surface area contributed by atoms with Crippen LogP contribution in [0.25, 0.3) is 78.4 Å². The number of fused-ring (bicyclic) bond motifs is 1. The van der Waals surface area contributed by atoms with Gasteiger partial charge in [-0.2, -0.15) is 0 Å². The van der Waals surface area contributed by atoms with Crippen molar-refractivity contribution in [3.05, 3.63) is 164 Å². The molecule has 0 spiro atoms. The summed E-state index contributed by atoms with van der Waals surface area (Å²) in [5.41, 5.74) is 9.03. The van der Waals surface area contributed by atoms with Crippen molar-refractivity contribution in [2.24, 2.45) is 0 Å². The summed E-state index contributed by atoms with van der Waals surface area (Å²) >= 11 is 0. The highest BCUT2D eigenvalue weighted by atomic mass is 15.0. The van der Waals surface area contributed by atoms with E-state index in [0.29, 0.717) is 17.5 Å². The summed E-state index contributed by atoms with van der Waals surface area (Å²) < 4.78 is 0.